The van der Waals surface area contributed by atoms with Gasteiger partial charge in [-0.15, -0.1) is 0 Å². The highest BCUT2D eigenvalue weighted by Crippen LogP contribution is 2.22. The van der Waals surface area contributed by atoms with E-state index >= 15 is 0 Å². The molecule has 0 bridgehead atoms. The van der Waals surface area contributed by atoms with E-state index in [-0.39, 0.29) is 5.63 Å². The first kappa shape index (κ1) is 9.00. The van der Waals surface area contributed by atoms with E-state index in [1.807, 2.05) is 18.2 Å². The maximum Gasteiger partial charge on any atom is 0.343 e. The molecule has 1 aromatic heterocycles. The predicted octanol–water partition coefficient (Wildman–Crippen LogP) is 2.92. The molecule has 2 nitrogen and oxygen atoms in total. The molecule has 1 aromatic carbocycles. The Morgan fingerprint density at radius 2 is 1.79 bits per heavy atom. The van der Waals surface area contributed by atoms with Gasteiger partial charge in [0.15, 0.2) is 0 Å². The fourth-order valence-electron chi connectivity index (χ4n) is 1.60. The Kier molecular flexibility index (Phi) is 2.12. The minimum atomic E-state index is -0.259. The van der Waals surface area contributed by atoms with Gasteiger partial charge in [-0.1, -0.05) is 32.0 Å². The smallest absolute Gasteiger partial charge is 0.343 e. The van der Waals surface area contributed by atoms with Gasteiger partial charge >= 0.3 is 5.63 Å². The number of fused-ring (bicyclic) bond motifs is 1. The number of hydrogen-bond donors (Lipinski definition) is 0. The van der Waals surface area contributed by atoms with E-state index in [1.54, 1.807) is 12.3 Å². The largest absolute Gasteiger partial charge is 0.431 e. The van der Waals surface area contributed by atoms with Crippen molar-refractivity contribution < 1.29 is 4.42 Å². The zero-order valence-electron chi connectivity index (χ0n) is 8.28. The van der Waals surface area contributed by atoms with Crippen molar-refractivity contribution >= 4 is 10.8 Å². The molecule has 2 heteroatoms. The molecule has 0 aliphatic carbocycles. The van der Waals surface area contributed by atoms with Crippen molar-refractivity contribution in [2.24, 2.45) is 0 Å². The van der Waals surface area contributed by atoms with E-state index in [1.165, 1.54) is 0 Å². The minimum Gasteiger partial charge on any atom is -0.431 e. The molecule has 0 fully saturated rings. The van der Waals surface area contributed by atoms with E-state index < -0.39 is 0 Å². The standard InChI is InChI=1S/C12H12O2/c1-8(2)11-7-14-12(13)10-6-4-3-5-9(10)11/h3-8H,1-2H3. The summed E-state index contributed by atoms with van der Waals surface area (Å²) in [6.45, 7) is 4.17. The summed E-state index contributed by atoms with van der Waals surface area (Å²) in [7, 11) is 0. The summed E-state index contributed by atoms with van der Waals surface area (Å²) in [6, 6.07) is 7.55. The van der Waals surface area contributed by atoms with Gasteiger partial charge in [0.2, 0.25) is 0 Å². The van der Waals surface area contributed by atoms with Gasteiger partial charge in [-0.25, -0.2) is 4.79 Å². The van der Waals surface area contributed by atoms with Crippen LogP contribution in [0.2, 0.25) is 0 Å². The summed E-state index contributed by atoms with van der Waals surface area (Å²) in [5.41, 5.74) is 0.824. The molecule has 0 spiro atoms. The van der Waals surface area contributed by atoms with Gasteiger partial charge in [0.25, 0.3) is 0 Å². The van der Waals surface area contributed by atoms with Crippen LogP contribution < -0.4 is 5.63 Å². The maximum absolute atomic E-state index is 11.4. The van der Waals surface area contributed by atoms with Crippen LogP contribution in [0.25, 0.3) is 10.8 Å². The normalized spacial score (nSPS) is 11.1. The molecule has 0 aliphatic heterocycles. The lowest BCUT2D eigenvalue weighted by molar-refractivity contribution is 0.510. The molecule has 0 saturated carbocycles. The maximum atomic E-state index is 11.4. The van der Waals surface area contributed by atoms with Crippen LogP contribution in [0, 0.1) is 0 Å². The summed E-state index contributed by atoms with van der Waals surface area (Å²) >= 11 is 0. The minimum absolute atomic E-state index is 0.259. The third kappa shape index (κ3) is 1.33. The second-order valence-corrected chi connectivity index (χ2v) is 3.68. The van der Waals surface area contributed by atoms with Crippen molar-refractivity contribution in [3.05, 3.63) is 46.5 Å². The Balaban J connectivity index is 2.89. The monoisotopic (exact) mass is 188 g/mol. The lowest BCUT2D eigenvalue weighted by Gasteiger charge is -2.07. The fraction of sp³-hybridized carbons (Fsp3) is 0.250. The number of hydrogen-bond acceptors (Lipinski definition) is 2. The van der Waals surface area contributed by atoms with Crippen LogP contribution in [0.5, 0.6) is 0 Å². The van der Waals surface area contributed by atoms with E-state index in [0.717, 1.165) is 10.9 Å². The van der Waals surface area contributed by atoms with Crippen molar-refractivity contribution in [3.63, 3.8) is 0 Å². The van der Waals surface area contributed by atoms with Crippen LogP contribution in [-0.2, 0) is 0 Å². The second-order valence-electron chi connectivity index (χ2n) is 3.68. The summed E-state index contributed by atoms with van der Waals surface area (Å²) < 4.78 is 4.98. The first-order chi connectivity index (χ1) is 6.70. The van der Waals surface area contributed by atoms with Gasteiger partial charge in [0.05, 0.1) is 11.6 Å². The van der Waals surface area contributed by atoms with Crippen LogP contribution in [0.4, 0.5) is 0 Å². The SMILES string of the molecule is CC(C)c1coc(=O)c2ccccc12. The Morgan fingerprint density at radius 3 is 2.43 bits per heavy atom. The Labute approximate surface area is 82.2 Å². The topological polar surface area (TPSA) is 30.2 Å². The average Bonchev–Trinajstić information content (AvgIpc) is 2.18. The van der Waals surface area contributed by atoms with Crippen molar-refractivity contribution in [2.75, 3.05) is 0 Å². The fourth-order valence-corrected chi connectivity index (χ4v) is 1.60. The Bertz CT molecular complexity index is 509. The summed E-state index contributed by atoms with van der Waals surface area (Å²) in [5.74, 6) is 0.365. The summed E-state index contributed by atoms with van der Waals surface area (Å²) in [6.07, 6.45) is 1.56. The molecular weight excluding hydrogens is 176 g/mol. The average molecular weight is 188 g/mol. The van der Waals surface area contributed by atoms with E-state index in [0.29, 0.717) is 11.3 Å². The predicted molar refractivity (Wildman–Crippen MR) is 56.6 cm³/mol. The molecule has 0 N–H and O–H groups in total. The lowest BCUT2D eigenvalue weighted by Crippen LogP contribution is -2.01. The Hall–Kier alpha value is -1.57. The van der Waals surface area contributed by atoms with E-state index in [2.05, 4.69) is 13.8 Å². The molecule has 1 heterocycles. The number of rotatable bonds is 1. The molecule has 2 aromatic rings. The molecule has 0 atom stereocenters. The van der Waals surface area contributed by atoms with Crippen LogP contribution in [0.15, 0.2) is 39.7 Å². The van der Waals surface area contributed by atoms with Crippen LogP contribution >= 0.6 is 0 Å². The van der Waals surface area contributed by atoms with Gasteiger partial charge < -0.3 is 4.42 Å². The van der Waals surface area contributed by atoms with Crippen molar-refractivity contribution in [1.82, 2.24) is 0 Å². The third-order valence-electron chi connectivity index (χ3n) is 2.37. The third-order valence-corrected chi connectivity index (χ3v) is 2.37. The molecule has 0 unspecified atom stereocenters. The summed E-state index contributed by atoms with van der Waals surface area (Å²) in [4.78, 5) is 11.4. The highest BCUT2D eigenvalue weighted by Gasteiger charge is 2.07. The van der Waals surface area contributed by atoms with Gasteiger partial charge in [0.1, 0.15) is 0 Å². The number of benzene rings is 1. The Morgan fingerprint density at radius 1 is 1.14 bits per heavy atom. The van der Waals surface area contributed by atoms with Crippen molar-refractivity contribution in [3.8, 4) is 0 Å². The van der Waals surface area contributed by atoms with E-state index in [4.69, 9.17) is 4.42 Å². The highest BCUT2D eigenvalue weighted by atomic mass is 16.4. The van der Waals surface area contributed by atoms with Crippen molar-refractivity contribution in [2.45, 2.75) is 19.8 Å². The zero-order chi connectivity index (χ0) is 10.1. The molecule has 72 valence electrons. The summed E-state index contributed by atoms with van der Waals surface area (Å²) in [5, 5.41) is 1.66. The van der Waals surface area contributed by atoms with Crippen LogP contribution in [0.1, 0.15) is 25.3 Å². The first-order valence-electron chi connectivity index (χ1n) is 4.70. The van der Waals surface area contributed by atoms with Gasteiger partial charge in [-0.05, 0) is 22.9 Å². The second kappa shape index (κ2) is 3.29. The van der Waals surface area contributed by atoms with Gasteiger partial charge in [-0.3, -0.25) is 0 Å². The molecule has 2 rings (SSSR count). The molecule has 0 radical (unpaired) electrons. The molecule has 14 heavy (non-hydrogen) atoms. The van der Waals surface area contributed by atoms with Gasteiger partial charge in [0, 0.05) is 0 Å². The molecule has 0 amide bonds. The van der Waals surface area contributed by atoms with E-state index in [9.17, 15) is 4.79 Å². The lowest BCUT2D eigenvalue weighted by atomic mass is 10.00. The zero-order valence-corrected chi connectivity index (χ0v) is 8.28. The van der Waals surface area contributed by atoms with Gasteiger partial charge in [-0.2, -0.15) is 0 Å². The molecule has 0 saturated heterocycles. The first-order valence-corrected chi connectivity index (χ1v) is 4.70. The van der Waals surface area contributed by atoms with Crippen molar-refractivity contribution in [1.29, 1.82) is 0 Å². The quantitative estimate of drug-likeness (QED) is 0.688. The van der Waals surface area contributed by atoms with Crippen LogP contribution in [-0.4, -0.2) is 0 Å². The molecule has 0 aliphatic rings. The van der Waals surface area contributed by atoms with Crippen LogP contribution in [0.3, 0.4) is 0 Å². The molecular formula is C12H12O2. The highest BCUT2D eigenvalue weighted by molar-refractivity contribution is 5.84.